The molecule has 28 heavy (non-hydrogen) atoms. The number of nitrogens with zero attached hydrogens (tertiary/aromatic N) is 1. The average Bonchev–Trinajstić information content (AvgIpc) is 3.10. The fourth-order valence-corrected chi connectivity index (χ4v) is 4.08. The van der Waals surface area contributed by atoms with Gasteiger partial charge < -0.3 is 9.47 Å². The summed E-state index contributed by atoms with van der Waals surface area (Å²) in [7, 11) is 3.23. The van der Waals surface area contributed by atoms with Crippen LogP contribution in [0.5, 0.6) is 11.5 Å². The largest absolute Gasteiger partial charge is 0.493 e. The average molecular weight is 397 g/mol. The van der Waals surface area contributed by atoms with E-state index in [0.29, 0.717) is 22.2 Å². The molecule has 0 unspecified atom stereocenters. The maximum absolute atomic E-state index is 12.7. The summed E-state index contributed by atoms with van der Waals surface area (Å²) < 4.78 is 10.7. The van der Waals surface area contributed by atoms with Crippen molar-refractivity contribution < 1.29 is 14.3 Å². The molecule has 3 aromatic rings. The van der Waals surface area contributed by atoms with E-state index in [2.05, 4.69) is 12.2 Å². The molecule has 0 atom stereocenters. The molecule has 5 nitrogen and oxygen atoms in total. The van der Waals surface area contributed by atoms with Gasteiger partial charge in [-0.1, -0.05) is 31.5 Å². The summed E-state index contributed by atoms with van der Waals surface area (Å²) in [5.74, 6) is 1.18. The molecule has 0 aliphatic carbocycles. The molecule has 6 heteroatoms. The SMILES string of the molecule is CCCc1sc(NC(=O)c2ccccc2C)nc1-c1ccc(OC)c(OC)c1. The molecule has 2 aromatic carbocycles. The van der Waals surface area contributed by atoms with Gasteiger partial charge in [0.25, 0.3) is 5.91 Å². The molecule has 0 saturated heterocycles. The Kier molecular flexibility index (Phi) is 6.31. The fourth-order valence-electron chi connectivity index (χ4n) is 3.00. The van der Waals surface area contributed by atoms with Crippen molar-refractivity contribution >= 4 is 22.4 Å². The molecule has 1 amide bonds. The number of hydrogen-bond acceptors (Lipinski definition) is 5. The number of anilines is 1. The molecule has 0 spiro atoms. The lowest BCUT2D eigenvalue weighted by atomic mass is 10.1. The number of thiazole rings is 1. The number of carbonyl (C=O) groups excluding carboxylic acids is 1. The Morgan fingerprint density at radius 2 is 1.86 bits per heavy atom. The predicted molar refractivity (Wildman–Crippen MR) is 114 cm³/mol. The number of methoxy groups -OCH3 is 2. The second-order valence-corrected chi connectivity index (χ2v) is 7.46. The van der Waals surface area contributed by atoms with Gasteiger partial charge in [0.05, 0.1) is 19.9 Å². The number of hydrogen-bond donors (Lipinski definition) is 1. The molecule has 0 radical (unpaired) electrons. The first-order valence-electron chi connectivity index (χ1n) is 9.16. The molecule has 0 saturated carbocycles. The van der Waals surface area contributed by atoms with Gasteiger partial charge in [0.2, 0.25) is 0 Å². The third-order valence-electron chi connectivity index (χ3n) is 4.44. The second-order valence-electron chi connectivity index (χ2n) is 6.38. The Morgan fingerprint density at radius 3 is 2.54 bits per heavy atom. The zero-order chi connectivity index (χ0) is 20.1. The van der Waals surface area contributed by atoms with Gasteiger partial charge >= 0.3 is 0 Å². The number of aryl methyl sites for hydroxylation is 2. The van der Waals surface area contributed by atoms with E-state index in [4.69, 9.17) is 14.5 Å². The highest BCUT2D eigenvalue weighted by Crippen LogP contribution is 2.37. The Hall–Kier alpha value is -2.86. The first-order valence-corrected chi connectivity index (χ1v) is 9.98. The van der Waals surface area contributed by atoms with Crippen molar-refractivity contribution in [1.82, 2.24) is 4.98 Å². The molecule has 1 heterocycles. The standard InChI is InChI=1S/C22H24N2O3S/c1-5-8-19-20(15-11-12-17(26-3)18(13-15)27-4)23-22(28-19)24-21(25)16-10-7-6-9-14(16)2/h6-7,9-13H,5,8H2,1-4H3,(H,23,24,25). The highest BCUT2D eigenvalue weighted by Gasteiger charge is 2.17. The van der Waals surface area contributed by atoms with E-state index < -0.39 is 0 Å². The van der Waals surface area contributed by atoms with E-state index in [0.717, 1.165) is 34.5 Å². The Balaban J connectivity index is 1.94. The maximum Gasteiger partial charge on any atom is 0.257 e. The molecular formula is C22H24N2O3S. The second kappa shape index (κ2) is 8.89. The number of ether oxygens (including phenoxy) is 2. The smallest absolute Gasteiger partial charge is 0.257 e. The first-order chi connectivity index (χ1) is 13.6. The minimum atomic E-state index is -0.145. The van der Waals surface area contributed by atoms with Crippen molar-refractivity contribution in [2.75, 3.05) is 19.5 Å². The monoisotopic (exact) mass is 396 g/mol. The molecule has 146 valence electrons. The van der Waals surface area contributed by atoms with E-state index in [1.807, 2.05) is 49.4 Å². The van der Waals surface area contributed by atoms with Crippen LogP contribution in [0.2, 0.25) is 0 Å². The van der Waals surface area contributed by atoms with Gasteiger partial charge in [-0.15, -0.1) is 11.3 Å². The molecule has 0 bridgehead atoms. The highest BCUT2D eigenvalue weighted by molar-refractivity contribution is 7.16. The van der Waals surface area contributed by atoms with Crippen LogP contribution in [0.15, 0.2) is 42.5 Å². The molecule has 0 fully saturated rings. The van der Waals surface area contributed by atoms with Gasteiger partial charge in [-0.2, -0.15) is 0 Å². The van der Waals surface area contributed by atoms with Crippen molar-refractivity contribution in [3.63, 3.8) is 0 Å². The van der Waals surface area contributed by atoms with E-state index in [-0.39, 0.29) is 5.91 Å². The topological polar surface area (TPSA) is 60.5 Å². The van der Waals surface area contributed by atoms with Crippen LogP contribution in [0.25, 0.3) is 11.3 Å². The van der Waals surface area contributed by atoms with Crippen LogP contribution in [0, 0.1) is 6.92 Å². The van der Waals surface area contributed by atoms with Crippen LogP contribution >= 0.6 is 11.3 Å². The van der Waals surface area contributed by atoms with E-state index in [1.54, 1.807) is 14.2 Å². The molecular weight excluding hydrogens is 372 g/mol. The number of aromatic nitrogens is 1. The molecule has 0 aliphatic heterocycles. The third-order valence-corrected chi connectivity index (χ3v) is 5.47. The van der Waals surface area contributed by atoms with Crippen molar-refractivity contribution in [3.8, 4) is 22.8 Å². The van der Waals surface area contributed by atoms with Crippen LogP contribution in [-0.4, -0.2) is 25.1 Å². The molecule has 1 N–H and O–H groups in total. The van der Waals surface area contributed by atoms with Gasteiger partial charge in [-0.25, -0.2) is 4.98 Å². The minimum absolute atomic E-state index is 0.145. The van der Waals surface area contributed by atoms with Crippen LogP contribution in [-0.2, 0) is 6.42 Å². The van der Waals surface area contributed by atoms with Gasteiger partial charge in [0, 0.05) is 16.0 Å². The fraction of sp³-hybridized carbons (Fsp3) is 0.273. The summed E-state index contributed by atoms with van der Waals surface area (Å²) in [6.45, 7) is 4.05. The predicted octanol–water partition coefficient (Wildman–Crippen LogP) is 5.34. The summed E-state index contributed by atoms with van der Waals surface area (Å²) >= 11 is 1.52. The van der Waals surface area contributed by atoms with E-state index in [1.165, 1.54) is 11.3 Å². The minimum Gasteiger partial charge on any atom is -0.493 e. The van der Waals surface area contributed by atoms with Crippen molar-refractivity contribution in [2.45, 2.75) is 26.7 Å². The van der Waals surface area contributed by atoms with Crippen LogP contribution < -0.4 is 14.8 Å². The first kappa shape index (κ1) is 19.9. The van der Waals surface area contributed by atoms with E-state index >= 15 is 0 Å². The number of rotatable bonds is 7. The van der Waals surface area contributed by atoms with Crippen LogP contribution in [0.3, 0.4) is 0 Å². The third kappa shape index (κ3) is 4.17. The highest BCUT2D eigenvalue weighted by atomic mass is 32.1. The Bertz CT molecular complexity index is 982. The van der Waals surface area contributed by atoms with Crippen molar-refractivity contribution in [2.24, 2.45) is 0 Å². The molecule has 0 aliphatic rings. The zero-order valence-electron chi connectivity index (χ0n) is 16.5. The normalized spacial score (nSPS) is 10.6. The van der Waals surface area contributed by atoms with Gasteiger partial charge in [0.1, 0.15) is 0 Å². The number of benzene rings is 2. The Morgan fingerprint density at radius 1 is 1.11 bits per heavy atom. The summed E-state index contributed by atoms with van der Waals surface area (Å²) in [6, 6.07) is 13.3. The van der Waals surface area contributed by atoms with Gasteiger partial charge in [-0.3, -0.25) is 10.1 Å². The van der Waals surface area contributed by atoms with Crippen LogP contribution in [0.1, 0.15) is 34.1 Å². The maximum atomic E-state index is 12.7. The van der Waals surface area contributed by atoms with Crippen molar-refractivity contribution in [3.05, 3.63) is 58.5 Å². The van der Waals surface area contributed by atoms with Crippen molar-refractivity contribution in [1.29, 1.82) is 0 Å². The number of carbonyl (C=O) groups is 1. The van der Waals surface area contributed by atoms with E-state index in [9.17, 15) is 4.79 Å². The summed E-state index contributed by atoms with van der Waals surface area (Å²) in [5.41, 5.74) is 3.40. The number of amides is 1. The summed E-state index contributed by atoms with van der Waals surface area (Å²) in [5, 5.41) is 3.55. The summed E-state index contributed by atoms with van der Waals surface area (Å²) in [6.07, 6.45) is 1.88. The van der Waals surface area contributed by atoms with Crippen LogP contribution in [0.4, 0.5) is 5.13 Å². The van der Waals surface area contributed by atoms with Gasteiger partial charge in [-0.05, 0) is 43.2 Å². The zero-order valence-corrected chi connectivity index (χ0v) is 17.4. The number of nitrogens with one attached hydrogen (secondary N) is 1. The lowest BCUT2D eigenvalue weighted by molar-refractivity contribution is 0.102. The quantitative estimate of drug-likeness (QED) is 0.585. The lowest BCUT2D eigenvalue weighted by Gasteiger charge is -2.09. The molecule has 3 rings (SSSR count). The molecule has 1 aromatic heterocycles. The lowest BCUT2D eigenvalue weighted by Crippen LogP contribution is -2.12. The Labute approximate surface area is 169 Å². The van der Waals surface area contributed by atoms with Gasteiger partial charge in [0.15, 0.2) is 16.6 Å². The summed E-state index contributed by atoms with van der Waals surface area (Å²) in [4.78, 5) is 18.5.